The van der Waals surface area contributed by atoms with Crippen LogP contribution in [0.25, 0.3) is 0 Å². The minimum Gasteiger partial charge on any atom is -0.381 e. The molecule has 2 aliphatic heterocycles. The Bertz CT molecular complexity index is 347. The van der Waals surface area contributed by atoms with Crippen LogP contribution in [0.2, 0.25) is 0 Å². The lowest BCUT2D eigenvalue weighted by Gasteiger charge is -2.35. The van der Waals surface area contributed by atoms with E-state index in [4.69, 9.17) is 4.74 Å². The standard InChI is InChI=1S/C18H32N2O2/c21-18(19-15-7-4-2-1-3-5-8-15)17-9-6-12-20(17)16-10-13-22-14-11-16/h15-17H,1-14H2,(H,19,21). The Morgan fingerprint density at radius 2 is 1.55 bits per heavy atom. The zero-order valence-corrected chi connectivity index (χ0v) is 13.9. The molecule has 1 N–H and O–H groups in total. The molecule has 1 unspecified atom stereocenters. The lowest BCUT2D eigenvalue weighted by Crippen LogP contribution is -2.51. The highest BCUT2D eigenvalue weighted by Crippen LogP contribution is 2.26. The molecular formula is C18H32N2O2. The van der Waals surface area contributed by atoms with Gasteiger partial charge in [-0.15, -0.1) is 0 Å². The van der Waals surface area contributed by atoms with Crippen molar-refractivity contribution in [1.29, 1.82) is 0 Å². The summed E-state index contributed by atoms with van der Waals surface area (Å²) in [5, 5.41) is 3.39. The maximum Gasteiger partial charge on any atom is 0.237 e. The molecule has 0 aromatic rings. The monoisotopic (exact) mass is 308 g/mol. The van der Waals surface area contributed by atoms with Gasteiger partial charge in [0.15, 0.2) is 0 Å². The number of nitrogens with one attached hydrogen (secondary N) is 1. The third-order valence-corrected chi connectivity index (χ3v) is 5.71. The molecule has 1 saturated carbocycles. The molecule has 3 fully saturated rings. The summed E-state index contributed by atoms with van der Waals surface area (Å²) in [4.78, 5) is 15.3. The number of rotatable bonds is 3. The van der Waals surface area contributed by atoms with E-state index >= 15 is 0 Å². The smallest absolute Gasteiger partial charge is 0.237 e. The van der Waals surface area contributed by atoms with Crippen LogP contribution < -0.4 is 5.32 Å². The van der Waals surface area contributed by atoms with Gasteiger partial charge in [-0.05, 0) is 45.1 Å². The van der Waals surface area contributed by atoms with Crippen molar-refractivity contribution >= 4 is 5.91 Å². The van der Waals surface area contributed by atoms with Gasteiger partial charge in [0.05, 0.1) is 6.04 Å². The molecule has 1 amide bonds. The van der Waals surface area contributed by atoms with E-state index < -0.39 is 0 Å². The van der Waals surface area contributed by atoms with E-state index in [1.165, 1.54) is 51.4 Å². The number of hydrogen-bond donors (Lipinski definition) is 1. The Labute approximate surface area is 135 Å². The molecule has 1 aliphatic carbocycles. The number of likely N-dealkylation sites (tertiary alicyclic amines) is 1. The third-order valence-electron chi connectivity index (χ3n) is 5.71. The van der Waals surface area contributed by atoms with E-state index in [1.54, 1.807) is 0 Å². The summed E-state index contributed by atoms with van der Waals surface area (Å²) in [5.41, 5.74) is 0. The zero-order chi connectivity index (χ0) is 15.2. The van der Waals surface area contributed by atoms with E-state index in [0.29, 0.717) is 18.0 Å². The number of ether oxygens (including phenoxy) is 1. The molecule has 1 atom stereocenters. The molecule has 0 aromatic carbocycles. The summed E-state index contributed by atoms with van der Waals surface area (Å²) in [7, 11) is 0. The van der Waals surface area contributed by atoms with Crippen LogP contribution in [-0.4, -0.2) is 48.7 Å². The largest absolute Gasteiger partial charge is 0.381 e. The van der Waals surface area contributed by atoms with Crippen LogP contribution in [0.4, 0.5) is 0 Å². The second kappa shape index (κ2) is 8.30. The fraction of sp³-hybridized carbons (Fsp3) is 0.944. The Hall–Kier alpha value is -0.610. The van der Waals surface area contributed by atoms with Crippen LogP contribution >= 0.6 is 0 Å². The van der Waals surface area contributed by atoms with Gasteiger partial charge in [-0.25, -0.2) is 0 Å². The maximum atomic E-state index is 12.8. The first-order valence-corrected chi connectivity index (χ1v) is 9.48. The van der Waals surface area contributed by atoms with Crippen molar-refractivity contribution in [3.8, 4) is 0 Å². The van der Waals surface area contributed by atoms with Crippen molar-refractivity contribution in [3.05, 3.63) is 0 Å². The Morgan fingerprint density at radius 1 is 0.864 bits per heavy atom. The summed E-state index contributed by atoms with van der Waals surface area (Å²) in [6, 6.07) is 1.10. The van der Waals surface area contributed by atoms with Crippen molar-refractivity contribution in [2.24, 2.45) is 0 Å². The van der Waals surface area contributed by atoms with Gasteiger partial charge in [0, 0.05) is 25.3 Å². The molecule has 3 aliphatic rings. The SMILES string of the molecule is O=C(NC1CCCCCCC1)C1CCCN1C1CCOCC1. The quantitative estimate of drug-likeness (QED) is 0.871. The molecule has 0 radical (unpaired) electrons. The minimum absolute atomic E-state index is 0.119. The first-order chi connectivity index (χ1) is 10.8. The predicted molar refractivity (Wildman–Crippen MR) is 87.8 cm³/mol. The van der Waals surface area contributed by atoms with Crippen LogP contribution in [0, 0.1) is 0 Å². The van der Waals surface area contributed by atoms with Crippen molar-refractivity contribution in [3.63, 3.8) is 0 Å². The van der Waals surface area contributed by atoms with Gasteiger partial charge in [-0.2, -0.15) is 0 Å². The van der Waals surface area contributed by atoms with Crippen LogP contribution in [0.5, 0.6) is 0 Å². The van der Waals surface area contributed by atoms with E-state index in [2.05, 4.69) is 10.2 Å². The lowest BCUT2D eigenvalue weighted by atomic mass is 9.96. The summed E-state index contributed by atoms with van der Waals surface area (Å²) in [5.74, 6) is 0.301. The number of carbonyl (C=O) groups excluding carboxylic acids is 1. The fourth-order valence-electron chi connectivity index (χ4n) is 4.42. The van der Waals surface area contributed by atoms with Gasteiger partial charge in [-0.3, -0.25) is 9.69 Å². The first-order valence-electron chi connectivity index (χ1n) is 9.48. The highest BCUT2D eigenvalue weighted by molar-refractivity contribution is 5.82. The second-order valence-electron chi connectivity index (χ2n) is 7.29. The molecule has 2 heterocycles. The Morgan fingerprint density at radius 3 is 2.27 bits per heavy atom. The minimum atomic E-state index is 0.119. The topological polar surface area (TPSA) is 41.6 Å². The molecule has 4 heteroatoms. The molecule has 2 saturated heterocycles. The predicted octanol–water partition coefficient (Wildman–Crippen LogP) is 2.86. The molecule has 0 bridgehead atoms. The molecule has 4 nitrogen and oxygen atoms in total. The van der Waals surface area contributed by atoms with Crippen LogP contribution in [0.3, 0.4) is 0 Å². The van der Waals surface area contributed by atoms with Crippen molar-refractivity contribution in [2.75, 3.05) is 19.8 Å². The van der Waals surface area contributed by atoms with Crippen molar-refractivity contribution in [2.45, 2.75) is 88.8 Å². The summed E-state index contributed by atoms with van der Waals surface area (Å²) in [6.07, 6.45) is 13.3. The van der Waals surface area contributed by atoms with Crippen molar-refractivity contribution < 1.29 is 9.53 Å². The second-order valence-corrected chi connectivity index (χ2v) is 7.29. The molecule has 0 aromatic heterocycles. The summed E-state index contributed by atoms with van der Waals surface area (Å²) >= 11 is 0. The molecular weight excluding hydrogens is 276 g/mol. The van der Waals surface area contributed by atoms with E-state index in [9.17, 15) is 4.79 Å². The van der Waals surface area contributed by atoms with Crippen LogP contribution in [0.15, 0.2) is 0 Å². The van der Waals surface area contributed by atoms with E-state index in [1.807, 2.05) is 0 Å². The average molecular weight is 308 g/mol. The molecule has 126 valence electrons. The highest BCUT2D eigenvalue weighted by Gasteiger charge is 2.36. The maximum absolute atomic E-state index is 12.8. The summed E-state index contributed by atoms with van der Waals surface area (Å²) < 4.78 is 5.48. The molecule has 3 rings (SSSR count). The van der Waals surface area contributed by atoms with Crippen LogP contribution in [-0.2, 0) is 9.53 Å². The van der Waals surface area contributed by atoms with Crippen molar-refractivity contribution in [1.82, 2.24) is 10.2 Å². The van der Waals surface area contributed by atoms with Gasteiger partial charge < -0.3 is 10.1 Å². The Balaban J connectivity index is 1.53. The zero-order valence-electron chi connectivity index (χ0n) is 13.9. The third kappa shape index (κ3) is 4.23. The van der Waals surface area contributed by atoms with Gasteiger partial charge >= 0.3 is 0 Å². The number of hydrogen-bond acceptors (Lipinski definition) is 3. The van der Waals surface area contributed by atoms with Crippen LogP contribution in [0.1, 0.15) is 70.6 Å². The average Bonchev–Trinajstić information content (AvgIpc) is 3.00. The van der Waals surface area contributed by atoms with Gasteiger partial charge in [0.1, 0.15) is 0 Å². The summed E-state index contributed by atoms with van der Waals surface area (Å²) in [6.45, 7) is 2.81. The fourth-order valence-corrected chi connectivity index (χ4v) is 4.42. The normalized spacial score (nSPS) is 29.9. The van der Waals surface area contributed by atoms with Gasteiger partial charge in [-0.1, -0.05) is 32.1 Å². The Kier molecular flexibility index (Phi) is 6.13. The molecule has 0 spiro atoms. The van der Waals surface area contributed by atoms with Gasteiger partial charge in [0.2, 0.25) is 5.91 Å². The number of carbonyl (C=O) groups is 1. The number of nitrogens with zero attached hydrogens (tertiary/aromatic N) is 1. The first kappa shape index (κ1) is 16.3. The highest BCUT2D eigenvalue weighted by atomic mass is 16.5. The molecule has 22 heavy (non-hydrogen) atoms. The lowest BCUT2D eigenvalue weighted by molar-refractivity contribution is -0.127. The number of amides is 1. The van der Waals surface area contributed by atoms with Gasteiger partial charge in [0.25, 0.3) is 0 Å². The van der Waals surface area contributed by atoms with E-state index in [-0.39, 0.29) is 6.04 Å². The van der Waals surface area contributed by atoms with E-state index in [0.717, 1.165) is 39.0 Å².